The number of unbranched alkanes of at least 4 members (excludes halogenated alkanes) is 1. The Labute approximate surface area is 175 Å². The van der Waals surface area contributed by atoms with E-state index in [0.29, 0.717) is 12.1 Å². The summed E-state index contributed by atoms with van der Waals surface area (Å²) in [5, 5.41) is 2.89. The first-order valence-electron chi connectivity index (χ1n) is 10.1. The first-order valence-corrected chi connectivity index (χ1v) is 12.0. The van der Waals surface area contributed by atoms with E-state index in [-0.39, 0.29) is 18.9 Å². The van der Waals surface area contributed by atoms with E-state index in [9.17, 15) is 13.2 Å². The molecule has 0 heterocycles. The summed E-state index contributed by atoms with van der Waals surface area (Å²) in [6, 6.07) is 13.5. The quantitative estimate of drug-likeness (QED) is 0.603. The maximum absolute atomic E-state index is 12.3. The molecule has 0 fully saturated rings. The smallest absolute Gasteiger partial charge is 0.232 e. The molecule has 1 amide bonds. The molecule has 0 saturated carbocycles. The van der Waals surface area contributed by atoms with Gasteiger partial charge in [-0.2, -0.15) is 0 Å². The molecule has 0 spiro atoms. The van der Waals surface area contributed by atoms with Crippen molar-refractivity contribution in [2.24, 2.45) is 0 Å². The van der Waals surface area contributed by atoms with Crippen LogP contribution in [0.5, 0.6) is 0 Å². The van der Waals surface area contributed by atoms with Crippen molar-refractivity contribution in [2.45, 2.75) is 52.9 Å². The monoisotopic (exact) mass is 416 g/mol. The van der Waals surface area contributed by atoms with Crippen LogP contribution >= 0.6 is 0 Å². The number of hydrogen-bond donors (Lipinski definition) is 1. The summed E-state index contributed by atoms with van der Waals surface area (Å²) in [6.07, 6.45) is 5.27. The highest BCUT2D eigenvalue weighted by molar-refractivity contribution is 7.92. The third-order valence-electron chi connectivity index (χ3n) is 5.07. The van der Waals surface area contributed by atoms with Gasteiger partial charge in [0.2, 0.25) is 15.9 Å². The van der Waals surface area contributed by atoms with E-state index in [1.807, 2.05) is 56.3 Å². The van der Waals surface area contributed by atoms with Crippen LogP contribution in [0.25, 0.3) is 0 Å². The minimum absolute atomic E-state index is 0.110. The minimum Gasteiger partial charge on any atom is -0.326 e. The third-order valence-corrected chi connectivity index (χ3v) is 6.25. The van der Waals surface area contributed by atoms with Crippen molar-refractivity contribution in [2.75, 3.05) is 22.4 Å². The van der Waals surface area contributed by atoms with Crippen molar-refractivity contribution >= 4 is 27.3 Å². The van der Waals surface area contributed by atoms with Crippen LogP contribution in [0.4, 0.5) is 11.4 Å². The highest BCUT2D eigenvalue weighted by atomic mass is 32.2. The van der Waals surface area contributed by atoms with Gasteiger partial charge in [0.15, 0.2) is 0 Å². The number of anilines is 2. The standard InChI is InChI=1S/C23H32N2O3S/c1-5-6-10-20-13-15-21(16-14-20)24-23(26)12-8-17-25(29(4,27)28)22-11-7-9-18(2)19(22)3/h7,9,11,13-16H,5-6,8,10,12,17H2,1-4H3,(H,24,26). The molecule has 2 rings (SSSR count). The average Bonchev–Trinajstić information content (AvgIpc) is 2.66. The van der Waals surface area contributed by atoms with Crippen LogP contribution in [0.2, 0.25) is 0 Å². The summed E-state index contributed by atoms with van der Waals surface area (Å²) in [5.74, 6) is -0.110. The lowest BCUT2D eigenvalue weighted by Gasteiger charge is -2.24. The fourth-order valence-electron chi connectivity index (χ4n) is 3.21. The topological polar surface area (TPSA) is 66.5 Å². The van der Waals surface area contributed by atoms with Crippen LogP contribution in [0, 0.1) is 13.8 Å². The maximum atomic E-state index is 12.3. The number of carbonyl (C=O) groups excluding carboxylic acids is 1. The molecule has 0 unspecified atom stereocenters. The summed E-state index contributed by atoms with van der Waals surface area (Å²) < 4.78 is 26.0. The largest absolute Gasteiger partial charge is 0.326 e. The molecule has 0 aliphatic heterocycles. The number of aryl methyl sites for hydroxylation is 2. The predicted molar refractivity (Wildman–Crippen MR) is 121 cm³/mol. The van der Waals surface area contributed by atoms with Gasteiger partial charge in [-0.05, 0) is 68.0 Å². The molecule has 6 heteroatoms. The zero-order valence-corrected chi connectivity index (χ0v) is 18.7. The second-order valence-electron chi connectivity index (χ2n) is 7.51. The van der Waals surface area contributed by atoms with Crippen LogP contribution < -0.4 is 9.62 Å². The molecule has 2 aromatic carbocycles. The molecule has 0 aromatic heterocycles. The molecule has 0 radical (unpaired) electrons. The summed E-state index contributed by atoms with van der Waals surface area (Å²) in [7, 11) is -3.42. The van der Waals surface area contributed by atoms with Gasteiger partial charge < -0.3 is 5.32 Å². The molecule has 0 bridgehead atoms. The fourth-order valence-corrected chi connectivity index (χ4v) is 4.23. The Hall–Kier alpha value is -2.34. The molecule has 29 heavy (non-hydrogen) atoms. The van der Waals surface area contributed by atoms with Gasteiger partial charge in [0.25, 0.3) is 0 Å². The van der Waals surface area contributed by atoms with Gasteiger partial charge >= 0.3 is 0 Å². The summed E-state index contributed by atoms with van der Waals surface area (Å²) >= 11 is 0. The molecule has 0 saturated heterocycles. The molecule has 1 N–H and O–H groups in total. The van der Waals surface area contributed by atoms with Gasteiger partial charge in [0, 0.05) is 18.7 Å². The molecule has 5 nitrogen and oxygen atoms in total. The highest BCUT2D eigenvalue weighted by Crippen LogP contribution is 2.25. The number of amides is 1. The Bertz CT molecular complexity index is 922. The van der Waals surface area contributed by atoms with Crippen molar-refractivity contribution in [1.29, 1.82) is 0 Å². The molecule has 0 atom stereocenters. The lowest BCUT2D eigenvalue weighted by atomic mass is 10.1. The normalized spacial score (nSPS) is 11.3. The molecule has 0 aliphatic rings. The first-order chi connectivity index (χ1) is 13.7. The van der Waals surface area contributed by atoms with Crippen molar-refractivity contribution in [3.63, 3.8) is 0 Å². The Balaban J connectivity index is 1.94. The van der Waals surface area contributed by atoms with E-state index >= 15 is 0 Å². The van der Waals surface area contributed by atoms with E-state index in [2.05, 4.69) is 12.2 Å². The van der Waals surface area contributed by atoms with Crippen LogP contribution in [0.3, 0.4) is 0 Å². The molecular weight excluding hydrogens is 384 g/mol. The number of carbonyl (C=O) groups is 1. The van der Waals surface area contributed by atoms with E-state index in [0.717, 1.165) is 36.1 Å². The number of hydrogen-bond acceptors (Lipinski definition) is 3. The van der Waals surface area contributed by atoms with Crippen molar-refractivity contribution in [3.05, 3.63) is 59.2 Å². The minimum atomic E-state index is -3.42. The van der Waals surface area contributed by atoms with Crippen LogP contribution in [-0.2, 0) is 21.2 Å². The SMILES string of the molecule is CCCCc1ccc(NC(=O)CCCN(c2cccc(C)c2C)S(C)(=O)=O)cc1. The second kappa shape index (κ2) is 10.4. The third kappa shape index (κ3) is 6.89. The highest BCUT2D eigenvalue weighted by Gasteiger charge is 2.19. The number of rotatable bonds is 10. The van der Waals surface area contributed by atoms with Crippen molar-refractivity contribution in [1.82, 2.24) is 0 Å². The summed E-state index contributed by atoms with van der Waals surface area (Å²) in [4.78, 5) is 12.3. The van der Waals surface area contributed by atoms with Crippen LogP contribution in [0.15, 0.2) is 42.5 Å². The van der Waals surface area contributed by atoms with Crippen LogP contribution in [-0.4, -0.2) is 27.1 Å². The Morgan fingerprint density at radius 3 is 2.34 bits per heavy atom. The van der Waals surface area contributed by atoms with Gasteiger partial charge in [-0.25, -0.2) is 8.42 Å². The van der Waals surface area contributed by atoms with Crippen molar-refractivity contribution < 1.29 is 13.2 Å². The molecule has 2 aromatic rings. The van der Waals surface area contributed by atoms with Gasteiger partial charge in [-0.1, -0.05) is 37.6 Å². The Morgan fingerprint density at radius 1 is 1.03 bits per heavy atom. The average molecular weight is 417 g/mol. The number of nitrogens with zero attached hydrogens (tertiary/aromatic N) is 1. The zero-order chi connectivity index (χ0) is 21.4. The fraction of sp³-hybridized carbons (Fsp3) is 0.435. The van der Waals surface area contributed by atoms with E-state index in [4.69, 9.17) is 0 Å². The van der Waals surface area contributed by atoms with Gasteiger partial charge in [-0.3, -0.25) is 9.10 Å². The Morgan fingerprint density at radius 2 is 1.72 bits per heavy atom. The number of nitrogens with one attached hydrogen (secondary N) is 1. The zero-order valence-electron chi connectivity index (χ0n) is 17.9. The maximum Gasteiger partial charge on any atom is 0.232 e. The Kier molecular flexibility index (Phi) is 8.26. The summed E-state index contributed by atoms with van der Waals surface area (Å²) in [6.45, 7) is 6.31. The lowest BCUT2D eigenvalue weighted by molar-refractivity contribution is -0.116. The van der Waals surface area contributed by atoms with Gasteiger partial charge in [-0.15, -0.1) is 0 Å². The second-order valence-corrected chi connectivity index (χ2v) is 9.41. The van der Waals surface area contributed by atoms with Crippen molar-refractivity contribution in [3.8, 4) is 0 Å². The molecule has 0 aliphatic carbocycles. The van der Waals surface area contributed by atoms with E-state index in [1.165, 1.54) is 16.1 Å². The van der Waals surface area contributed by atoms with E-state index < -0.39 is 10.0 Å². The first kappa shape index (κ1) is 22.9. The van der Waals surface area contributed by atoms with Gasteiger partial charge in [0.1, 0.15) is 0 Å². The summed E-state index contributed by atoms with van der Waals surface area (Å²) in [5.41, 5.74) is 4.68. The lowest BCUT2D eigenvalue weighted by Crippen LogP contribution is -2.32. The van der Waals surface area contributed by atoms with Crippen LogP contribution in [0.1, 0.15) is 49.3 Å². The molecule has 158 valence electrons. The number of benzene rings is 2. The van der Waals surface area contributed by atoms with Gasteiger partial charge in [0.05, 0.1) is 11.9 Å². The predicted octanol–water partition coefficient (Wildman–Crippen LogP) is 4.83. The van der Waals surface area contributed by atoms with E-state index in [1.54, 1.807) is 0 Å². The molecular formula is C23H32N2O3S. The number of sulfonamides is 1.